The molecule has 2 saturated carbocycles. The van der Waals surface area contributed by atoms with Gasteiger partial charge >= 0.3 is 0 Å². The van der Waals surface area contributed by atoms with Crippen LogP contribution in [0.15, 0.2) is 47.1 Å². The van der Waals surface area contributed by atoms with Crippen molar-refractivity contribution in [1.82, 2.24) is 0 Å². The van der Waals surface area contributed by atoms with Gasteiger partial charge in [0.1, 0.15) is 0 Å². The second-order valence-electron chi connectivity index (χ2n) is 17.9. The molecule has 3 aliphatic carbocycles. The largest absolute Gasteiger partial charge is 0.413 e. The summed E-state index contributed by atoms with van der Waals surface area (Å²) in [5, 5.41) is 11.7. The summed E-state index contributed by atoms with van der Waals surface area (Å²) < 4.78 is 14.2. The zero-order chi connectivity index (χ0) is 34.2. The number of hydrogen-bond donors (Lipinski definition) is 1. The van der Waals surface area contributed by atoms with Gasteiger partial charge in [0.25, 0.3) is 0 Å². The fourth-order valence-electron chi connectivity index (χ4n) is 7.07. The molecule has 0 radical (unpaired) electrons. The van der Waals surface area contributed by atoms with Gasteiger partial charge in [-0.05, 0) is 111 Å². The van der Waals surface area contributed by atoms with Gasteiger partial charge in [-0.3, -0.25) is 0 Å². The van der Waals surface area contributed by atoms with Crippen LogP contribution >= 0.6 is 11.8 Å². The highest BCUT2D eigenvalue weighted by Crippen LogP contribution is 2.57. The molecule has 0 saturated heterocycles. The average molecular weight is 675 g/mol. The lowest BCUT2D eigenvalue weighted by atomic mass is 9.64. The predicted molar refractivity (Wildman–Crippen MR) is 204 cm³/mol. The van der Waals surface area contributed by atoms with Crippen molar-refractivity contribution in [1.29, 1.82) is 0 Å². The quantitative estimate of drug-likeness (QED) is 0.175. The van der Waals surface area contributed by atoms with Crippen LogP contribution < -0.4 is 0 Å². The molecular formula is C39H70O3SSi2. The Labute approximate surface area is 285 Å². The van der Waals surface area contributed by atoms with Crippen LogP contribution in [0.3, 0.4) is 0 Å². The highest BCUT2D eigenvalue weighted by molar-refractivity contribution is 8.00. The second kappa shape index (κ2) is 14.2. The summed E-state index contributed by atoms with van der Waals surface area (Å²) in [7, 11) is -3.92. The lowest BCUT2D eigenvalue weighted by Gasteiger charge is -2.45. The molecule has 0 bridgehead atoms. The number of aliphatic hydroxyl groups is 1. The molecule has 0 aromatic rings. The van der Waals surface area contributed by atoms with Crippen LogP contribution in [-0.4, -0.2) is 50.6 Å². The molecule has 45 heavy (non-hydrogen) atoms. The van der Waals surface area contributed by atoms with E-state index in [1.165, 1.54) is 30.4 Å². The van der Waals surface area contributed by atoms with E-state index in [0.717, 1.165) is 37.9 Å². The Balaban J connectivity index is 1.88. The Morgan fingerprint density at radius 1 is 1.02 bits per heavy atom. The van der Waals surface area contributed by atoms with Crippen LogP contribution in [0.4, 0.5) is 0 Å². The van der Waals surface area contributed by atoms with Crippen LogP contribution in [0.5, 0.6) is 0 Å². The van der Waals surface area contributed by atoms with Gasteiger partial charge in [-0.1, -0.05) is 98.3 Å². The van der Waals surface area contributed by atoms with Gasteiger partial charge in [-0.25, -0.2) is 0 Å². The van der Waals surface area contributed by atoms with Crippen molar-refractivity contribution in [2.24, 2.45) is 11.3 Å². The molecular weight excluding hydrogens is 605 g/mol. The molecule has 0 aliphatic heterocycles. The van der Waals surface area contributed by atoms with Crippen LogP contribution in [0.1, 0.15) is 121 Å². The molecule has 0 aromatic heterocycles. The van der Waals surface area contributed by atoms with E-state index in [1.807, 2.05) is 11.8 Å². The SMILES string of the molecule is C=C1C(=CC=C2CCC[C@]3(C)C([C@H](C)SCC(O)(CC)CC)=CC[C@@H]23)C[C@@H](O[Si](C)(C)C(C)(C)C)C[C@@H]1O[Si](C)(C)C(C)(C)C. The minimum Gasteiger partial charge on any atom is -0.413 e. The van der Waals surface area contributed by atoms with Crippen molar-refractivity contribution in [3.05, 3.63) is 47.1 Å². The first kappa shape index (κ1) is 39.1. The highest BCUT2D eigenvalue weighted by Gasteiger charge is 2.47. The van der Waals surface area contributed by atoms with Gasteiger partial charge in [0.05, 0.1) is 17.8 Å². The first-order chi connectivity index (χ1) is 20.5. The zero-order valence-electron chi connectivity index (χ0n) is 31.8. The monoisotopic (exact) mass is 674 g/mol. The van der Waals surface area contributed by atoms with Gasteiger partial charge in [0.15, 0.2) is 16.6 Å². The van der Waals surface area contributed by atoms with Gasteiger partial charge in [0, 0.05) is 17.4 Å². The van der Waals surface area contributed by atoms with E-state index >= 15 is 0 Å². The molecule has 0 spiro atoms. The zero-order valence-corrected chi connectivity index (χ0v) is 34.6. The number of rotatable bonds is 11. The second-order valence-corrected chi connectivity index (χ2v) is 28.7. The van der Waals surface area contributed by atoms with Crippen LogP contribution in [-0.2, 0) is 8.85 Å². The summed E-state index contributed by atoms with van der Waals surface area (Å²) in [5.41, 5.74) is 5.35. The standard InChI is InChI=1S/C39H70O3SSi2/c1-16-39(40,17-2)27-43-29(4)33-22-23-34-30(19-18-24-38(33,34)11)20-21-31-25-32(41-44(12,13)36(5,6)7)26-35(28(31)3)42-45(14,15)37(8,9)10/h20-22,29,32,34-35,40H,3,16-19,23-27H2,1-2,4-15H3/t29-,32+,34-,35-,38+/m0/s1. The first-order valence-corrected chi connectivity index (χ1v) is 24.9. The topological polar surface area (TPSA) is 38.7 Å². The van der Waals surface area contributed by atoms with Crippen molar-refractivity contribution in [3.8, 4) is 0 Å². The lowest BCUT2D eigenvalue weighted by Crippen LogP contribution is -2.49. The summed E-state index contributed by atoms with van der Waals surface area (Å²) in [6.45, 7) is 37.3. The average Bonchev–Trinajstić information content (AvgIpc) is 3.28. The maximum Gasteiger partial charge on any atom is 0.192 e. The van der Waals surface area contributed by atoms with Crippen LogP contribution in [0.2, 0.25) is 36.3 Å². The summed E-state index contributed by atoms with van der Waals surface area (Å²) >= 11 is 1.95. The molecule has 6 heteroatoms. The van der Waals surface area contributed by atoms with E-state index in [0.29, 0.717) is 11.2 Å². The third kappa shape index (κ3) is 8.81. The molecule has 3 rings (SSSR count). The molecule has 0 aromatic carbocycles. The predicted octanol–water partition coefficient (Wildman–Crippen LogP) is 11.8. The first-order valence-electron chi connectivity index (χ1n) is 18.0. The van der Waals surface area contributed by atoms with Crippen molar-refractivity contribution in [2.45, 2.75) is 180 Å². The van der Waals surface area contributed by atoms with E-state index in [-0.39, 0.29) is 27.7 Å². The molecule has 0 amide bonds. The fraction of sp³-hybridized carbons (Fsp3) is 0.795. The number of hydrogen-bond acceptors (Lipinski definition) is 4. The normalized spacial score (nSPS) is 29.7. The molecule has 1 N–H and O–H groups in total. The number of allylic oxidation sites excluding steroid dienone is 4. The summed E-state index contributed by atoms with van der Waals surface area (Å²) in [5.74, 6) is 1.37. The Morgan fingerprint density at radius 3 is 2.16 bits per heavy atom. The van der Waals surface area contributed by atoms with Crippen molar-refractivity contribution in [3.63, 3.8) is 0 Å². The summed E-state index contributed by atoms with van der Waals surface area (Å²) in [6, 6.07) is 0. The highest BCUT2D eigenvalue weighted by atomic mass is 32.2. The number of fused-ring (bicyclic) bond motifs is 1. The Bertz CT molecular complexity index is 1150. The van der Waals surface area contributed by atoms with E-state index in [1.54, 1.807) is 11.1 Å². The fourth-order valence-corrected chi connectivity index (χ4v) is 11.3. The van der Waals surface area contributed by atoms with Gasteiger partial charge in [0.2, 0.25) is 0 Å². The van der Waals surface area contributed by atoms with E-state index in [4.69, 9.17) is 8.85 Å². The van der Waals surface area contributed by atoms with E-state index in [2.05, 4.69) is 120 Å². The van der Waals surface area contributed by atoms with Crippen molar-refractivity contribution in [2.75, 3.05) is 5.75 Å². The summed E-state index contributed by atoms with van der Waals surface area (Å²) in [4.78, 5) is 0. The Hall–Kier alpha value is -0.376. The van der Waals surface area contributed by atoms with Crippen LogP contribution in [0, 0.1) is 11.3 Å². The third-order valence-electron chi connectivity index (χ3n) is 12.7. The van der Waals surface area contributed by atoms with Gasteiger partial charge in [-0.15, -0.1) is 0 Å². The van der Waals surface area contributed by atoms with Gasteiger partial charge < -0.3 is 14.0 Å². The van der Waals surface area contributed by atoms with E-state index in [9.17, 15) is 5.11 Å². The van der Waals surface area contributed by atoms with Crippen LogP contribution in [0.25, 0.3) is 0 Å². The van der Waals surface area contributed by atoms with Crippen molar-refractivity contribution < 1.29 is 14.0 Å². The molecule has 0 heterocycles. The molecule has 5 atom stereocenters. The molecule has 3 nitrogen and oxygen atoms in total. The molecule has 2 fully saturated rings. The Kier molecular flexibility index (Phi) is 12.4. The van der Waals surface area contributed by atoms with E-state index < -0.39 is 22.2 Å². The molecule has 0 unspecified atom stereocenters. The Morgan fingerprint density at radius 2 is 1.60 bits per heavy atom. The maximum absolute atomic E-state index is 10.9. The number of thioether (sulfide) groups is 1. The minimum atomic E-state index is -1.99. The minimum absolute atomic E-state index is 0.0122. The maximum atomic E-state index is 10.9. The molecule has 258 valence electrons. The third-order valence-corrected chi connectivity index (χ3v) is 23.2. The van der Waals surface area contributed by atoms with Gasteiger partial charge in [-0.2, -0.15) is 11.8 Å². The van der Waals surface area contributed by atoms with Crippen molar-refractivity contribution >= 4 is 28.4 Å². The summed E-state index contributed by atoms with van der Waals surface area (Å²) in [6.07, 6.45) is 15.9. The molecule has 3 aliphatic rings. The lowest BCUT2D eigenvalue weighted by molar-refractivity contribution is 0.0571. The smallest absolute Gasteiger partial charge is 0.192 e.